The van der Waals surface area contributed by atoms with Gasteiger partial charge < -0.3 is 15.4 Å². The Kier molecular flexibility index (Phi) is 5.00. The van der Waals surface area contributed by atoms with Crippen molar-refractivity contribution in [3.8, 4) is 0 Å². The van der Waals surface area contributed by atoms with Crippen LogP contribution in [-0.4, -0.2) is 49.6 Å². The molecule has 0 saturated carbocycles. The van der Waals surface area contributed by atoms with Gasteiger partial charge in [-0.2, -0.15) is 0 Å². The molecule has 1 aromatic rings. The lowest BCUT2D eigenvalue weighted by Gasteiger charge is -2.22. The summed E-state index contributed by atoms with van der Waals surface area (Å²) >= 11 is 0. The predicted octanol–water partition coefficient (Wildman–Crippen LogP) is 0.525. The van der Waals surface area contributed by atoms with Gasteiger partial charge in [0.05, 0.1) is 6.61 Å². The number of carbonyl (C=O) groups excluding carboxylic acids is 3. The fourth-order valence-electron chi connectivity index (χ4n) is 2.42. The number of aryl methyl sites for hydroxylation is 1. The largest absolute Gasteiger partial charge is 0.383 e. The number of methoxy groups -OCH3 is 1. The molecule has 1 unspecified atom stereocenters. The van der Waals surface area contributed by atoms with E-state index in [0.717, 1.165) is 10.5 Å². The quantitative estimate of drug-likeness (QED) is 0.591. The van der Waals surface area contributed by atoms with E-state index in [9.17, 15) is 14.4 Å². The van der Waals surface area contributed by atoms with Crippen LogP contribution >= 0.6 is 0 Å². The van der Waals surface area contributed by atoms with Crippen LogP contribution in [0.25, 0.3) is 0 Å². The lowest BCUT2D eigenvalue weighted by atomic mass is 9.91. The van der Waals surface area contributed by atoms with E-state index in [1.165, 1.54) is 7.11 Å². The Morgan fingerprint density at radius 3 is 2.57 bits per heavy atom. The number of urea groups is 1. The molecule has 7 nitrogen and oxygen atoms in total. The summed E-state index contributed by atoms with van der Waals surface area (Å²) in [4.78, 5) is 37.5. The monoisotopic (exact) mass is 319 g/mol. The highest BCUT2D eigenvalue weighted by Crippen LogP contribution is 2.28. The van der Waals surface area contributed by atoms with Gasteiger partial charge in [-0.05, 0) is 19.4 Å². The summed E-state index contributed by atoms with van der Waals surface area (Å²) in [7, 11) is 1.52. The third kappa shape index (κ3) is 3.50. The molecular formula is C16H21N3O4. The molecule has 2 N–H and O–H groups in total. The Balaban J connectivity index is 2.10. The van der Waals surface area contributed by atoms with E-state index in [4.69, 9.17) is 4.74 Å². The molecule has 7 heteroatoms. The second kappa shape index (κ2) is 6.78. The molecule has 4 amide bonds. The first kappa shape index (κ1) is 17.0. The van der Waals surface area contributed by atoms with Crippen LogP contribution in [0.4, 0.5) is 4.79 Å². The van der Waals surface area contributed by atoms with Crippen LogP contribution in [-0.2, 0) is 19.9 Å². The second-order valence-corrected chi connectivity index (χ2v) is 5.66. The van der Waals surface area contributed by atoms with Gasteiger partial charge in [-0.15, -0.1) is 0 Å². The van der Waals surface area contributed by atoms with E-state index in [0.29, 0.717) is 18.7 Å². The molecule has 0 aromatic heterocycles. The van der Waals surface area contributed by atoms with Crippen LogP contribution in [0.1, 0.15) is 18.1 Å². The number of amides is 4. The van der Waals surface area contributed by atoms with Crippen LogP contribution in [0.5, 0.6) is 0 Å². The third-order valence-corrected chi connectivity index (χ3v) is 3.83. The van der Waals surface area contributed by atoms with E-state index >= 15 is 0 Å². The number of carbonyl (C=O) groups is 3. The molecule has 1 atom stereocenters. The van der Waals surface area contributed by atoms with Crippen molar-refractivity contribution in [2.45, 2.75) is 19.4 Å². The molecule has 0 radical (unpaired) electrons. The van der Waals surface area contributed by atoms with Crippen molar-refractivity contribution in [3.05, 3.63) is 35.4 Å². The maximum absolute atomic E-state index is 12.6. The topological polar surface area (TPSA) is 87.7 Å². The third-order valence-electron chi connectivity index (χ3n) is 3.83. The van der Waals surface area contributed by atoms with Crippen LogP contribution in [0, 0.1) is 6.92 Å². The average molecular weight is 319 g/mol. The summed E-state index contributed by atoms with van der Waals surface area (Å²) in [5.41, 5.74) is 0.588. The van der Waals surface area contributed by atoms with Crippen molar-refractivity contribution in [1.82, 2.24) is 15.5 Å². The van der Waals surface area contributed by atoms with Gasteiger partial charge in [-0.1, -0.05) is 29.8 Å². The minimum Gasteiger partial charge on any atom is -0.383 e. The lowest BCUT2D eigenvalue weighted by Crippen LogP contribution is -2.43. The van der Waals surface area contributed by atoms with Gasteiger partial charge in [-0.25, -0.2) is 4.79 Å². The normalized spacial score (nSPS) is 20.6. The zero-order valence-electron chi connectivity index (χ0n) is 13.5. The van der Waals surface area contributed by atoms with Crippen molar-refractivity contribution in [2.75, 3.05) is 26.8 Å². The highest BCUT2D eigenvalue weighted by molar-refractivity contribution is 6.09. The zero-order valence-corrected chi connectivity index (χ0v) is 13.5. The predicted molar refractivity (Wildman–Crippen MR) is 83.7 cm³/mol. The Morgan fingerprint density at radius 1 is 1.30 bits per heavy atom. The van der Waals surface area contributed by atoms with Crippen molar-refractivity contribution >= 4 is 17.8 Å². The Hall–Kier alpha value is -2.41. The van der Waals surface area contributed by atoms with Crippen LogP contribution in [0.3, 0.4) is 0 Å². The second-order valence-electron chi connectivity index (χ2n) is 5.66. The van der Waals surface area contributed by atoms with Crippen molar-refractivity contribution in [3.63, 3.8) is 0 Å². The van der Waals surface area contributed by atoms with Crippen LogP contribution in [0.2, 0.25) is 0 Å². The molecule has 2 rings (SSSR count). The van der Waals surface area contributed by atoms with Gasteiger partial charge in [-0.3, -0.25) is 14.5 Å². The molecule has 0 bridgehead atoms. The van der Waals surface area contributed by atoms with Gasteiger partial charge in [0.15, 0.2) is 0 Å². The maximum Gasteiger partial charge on any atom is 0.325 e. The smallest absolute Gasteiger partial charge is 0.325 e. The van der Waals surface area contributed by atoms with Gasteiger partial charge in [0.25, 0.3) is 5.91 Å². The maximum atomic E-state index is 12.6. The van der Waals surface area contributed by atoms with Crippen molar-refractivity contribution in [1.29, 1.82) is 0 Å². The first-order valence-electron chi connectivity index (χ1n) is 7.35. The van der Waals surface area contributed by atoms with Gasteiger partial charge >= 0.3 is 6.03 Å². The summed E-state index contributed by atoms with van der Waals surface area (Å²) in [6.07, 6.45) is 0. The molecule has 1 saturated heterocycles. The molecular weight excluding hydrogens is 298 g/mol. The first-order chi connectivity index (χ1) is 10.9. The molecule has 23 heavy (non-hydrogen) atoms. The molecule has 1 aliphatic heterocycles. The molecule has 0 spiro atoms. The summed E-state index contributed by atoms with van der Waals surface area (Å²) in [5, 5.41) is 5.26. The number of hydrogen-bond acceptors (Lipinski definition) is 4. The number of rotatable bonds is 6. The van der Waals surface area contributed by atoms with Crippen molar-refractivity contribution in [2.24, 2.45) is 0 Å². The molecule has 0 aliphatic carbocycles. The molecule has 1 heterocycles. The van der Waals surface area contributed by atoms with Gasteiger partial charge in [0, 0.05) is 13.7 Å². The fourth-order valence-corrected chi connectivity index (χ4v) is 2.42. The van der Waals surface area contributed by atoms with E-state index < -0.39 is 23.4 Å². The Bertz CT molecular complexity index is 614. The van der Waals surface area contributed by atoms with E-state index in [-0.39, 0.29) is 6.54 Å². The minimum atomic E-state index is -1.16. The SMILES string of the molecule is COCCNC(=O)CN1C(=O)NC(C)(c2ccc(C)cc2)C1=O. The van der Waals surface area contributed by atoms with E-state index in [2.05, 4.69) is 10.6 Å². The van der Waals surface area contributed by atoms with Crippen LogP contribution in [0.15, 0.2) is 24.3 Å². The van der Waals surface area contributed by atoms with Gasteiger partial charge in [0.2, 0.25) is 5.91 Å². The number of hydrogen-bond donors (Lipinski definition) is 2. The Labute approximate surface area is 135 Å². The average Bonchev–Trinajstić information content (AvgIpc) is 2.72. The number of nitrogens with zero attached hydrogens (tertiary/aromatic N) is 1. The lowest BCUT2D eigenvalue weighted by molar-refractivity contribution is -0.134. The first-order valence-corrected chi connectivity index (χ1v) is 7.35. The highest BCUT2D eigenvalue weighted by atomic mass is 16.5. The molecule has 124 valence electrons. The number of benzene rings is 1. The standard InChI is InChI=1S/C16H21N3O4/c1-11-4-6-12(7-5-11)16(2)14(21)19(15(22)18-16)10-13(20)17-8-9-23-3/h4-7H,8-10H2,1-3H3,(H,17,20)(H,18,22). The van der Waals surface area contributed by atoms with E-state index in [1.807, 2.05) is 19.1 Å². The summed E-state index contributed by atoms with van der Waals surface area (Å²) in [6, 6.07) is 6.78. The summed E-state index contributed by atoms with van der Waals surface area (Å²) in [6.45, 7) is 3.97. The fraction of sp³-hybridized carbons (Fsp3) is 0.438. The Morgan fingerprint density at radius 2 is 1.96 bits per heavy atom. The molecule has 1 aliphatic rings. The number of imide groups is 1. The van der Waals surface area contributed by atoms with Crippen molar-refractivity contribution < 1.29 is 19.1 Å². The molecule has 1 aromatic carbocycles. The zero-order chi connectivity index (χ0) is 17.0. The van der Waals surface area contributed by atoms with E-state index in [1.54, 1.807) is 19.1 Å². The minimum absolute atomic E-state index is 0.310. The number of ether oxygens (including phenoxy) is 1. The number of nitrogens with one attached hydrogen (secondary N) is 2. The summed E-state index contributed by atoms with van der Waals surface area (Å²) in [5.74, 6) is -0.841. The highest BCUT2D eigenvalue weighted by Gasteiger charge is 2.49. The summed E-state index contributed by atoms with van der Waals surface area (Å²) < 4.78 is 4.83. The van der Waals surface area contributed by atoms with Crippen LogP contribution < -0.4 is 10.6 Å². The van der Waals surface area contributed by atoms with Gasteiger partial charge in [0.1, 0.15) is 12.1 Å². The molecule has 1 fully saturated rings.